The molecule has 1 saturated heterocycles. The molecule has 0 radical (unpaired) electrons. The third-order valence-corrected chi connectivity index (χ3v) is 10.9. The Labute approximate surface area is 173 Å². The van der Waals surface area contributed by atoms with Crippen LogP contribution in [0.15, 0.2) is 18.2 Å². The van der Waals surface area contributed by atoms with Gasteiger partial charge in [0.2, 0.25) is 5.91 Å². The van der Waals surface area contributed by atoms with E-state index < -0.39 is 0 Å². The predicted molar refractivity (Wildman–Crippen MR) is 113 cm³/mol. The summed E-state index contributed by atoms with van der Waals surface area (Å²) in [4.78, 5) is 38.4. The number of imide groups is 1. The highest BCUT2D eigenvalue weighted by Gasteiger charge is 2.55. The van der Waals surface area contributed by atoms with E-state index in [9.17, 15) is 14.4 Å². The molecule has 2 aliphatic carbocycles. The Hall–Kier alpha value is -1.47. The first-order valence-corrected chi connectivity index (χ1v) is 12.0. The Morgan fingerprint density at radius 2 is 1.71 bits per heavy atom. The van der Waals surface area contributed by atoms with Crippen molar-refractivity contribution in [3.05, 3.63) is 29.3 Å². The number of hydrogen-bond donors (Lipinski definition) is 1. The van der Waals surface area contributed by atoms with E-state index in [0.29, 0.717) is 32.7 Å². The summed E-state index contributed by atoms with van der Waals surface area (Å²) >= 11 is 4.29. The molecule has 3 amide bonds. The summed E-state index contributed by atoms with van der Waals surface area (Å²) in [6, 6.07) is 5.02. The van der Waals surface area contributed by atoms with Gasteiger partial charge in [-0.3, -0.25) is 19.3 Å². The fourth-order valence-corrected chi connectivity index (χ4v) is 9.44. The molecular formula is C21H24N2O3S2. The normalized spacial score (nSPS) is 30.6. The predicted octanol–water partition coefficient (Wildman–Crippen LogP) is 3.85. The molecule has 28 heavy (non-hydrogen) atoms. The molecule has 3 atom stereocenters. The number of fused-ring (bicyclic) bond motifs is 1. The molecule has 148 valence electrons. The van der Waals surface area contributed by atoms with E-state index in [1.165, 1.54) is 37.8 Å². The molecule has 2 bridgehead atoms. The van der Waals surface area contributed by atoms with Crippen LogP contribution in [0.4, 0.5) is 5.69 Å². The molecule has 1 unspecified atom stereocenters. The maximum atomic E-state index is 13.0. The zero-order valence-electron chi connectivity index (χ0n) is 15.9. The Morgan fingerprint density at radius 1 is 1.07 bits per heavy atom. The largest absolute Gasteiger partial charge is 0.326 e. The highest BCUT2D eigenvalue weighted by molar-refractivity contribution is 8.21. The topological polar surface area (TPSA) is 66.5 Å². The minimum atomic E-state index is -0.305. The molecular weight excluding hydrogens is 392 g/mol. The quantitative estimate of drug-likeness (QED) is 0.742. The van der Waals surface area contributed by atoms with E-state index in [1.807, 2.05) is 0 Å². The lowest BCUT2D eigenvalue weighted by atomic mass is 9.67. The van der Waals surface area contributed by atoms with Crippen LogP contribution in [0.25, 0.3) is 0 Å². The van der Waals surface area contributed by atoms with Gasteiger partial charge in [-0.25, -0.2) is 0 Å². The second kappa shape index (κ2) is 6.80. The van der Waals surface area contributed by atoms with Gasteiger partial charge in [-0.05, 0) is 55.7 Å². The number of nitrogens with one attached hydrogen (secondary N) is 1. The summed E-state index contributed by atoms with van der Waals surface area (Å²) < 4.78 is 0.361. The van der Waals surface area contributed by atoms with Gasteiger partial charge in [-0.2, -0.15) is 0 Å². The van der Waals surface area contributed by atoms with Gasteiger partial charge in [-0.1, -0.05) is 6.42 Å². The van der Waals surface area contributed by atoms with Gasteiger partial charge in [0.1, 0.15) is 0 Å². The SMILES string of the molecule is CN1C(=O)c2ccc(NC(=O)C3C[C@H]4CCC[C@@H](C3)C43SCCS3)cc2C1=O. The molecule has 4 aliphatic rings. The molecule has 1 N–H and O–H groups in total. The van der Waals surface area contributed by atoms with Crippen molar-refractivity contribution < 1.29 is 14.4 Å². The molecule has 2 heterocycles. The molecule has 1 spiro atoms. The highest BCUT2D eigenvalue weighted by Crippen LogP contribution is 2.64. The first-order valence-electron chi connectivity index (χ1n) is 10.0. The van der Waals surface area contributed by atoms with Gasteiger partial charge in [0.05, 0.1) is 15.2 Å². The summed E-state index contributed by atoms with van der Waals surface area (Å²) in [5, 5.41) is 3.03. The minimum Gasteiger partial charge on any atom is -0.326 e. The number of hydrogen-bond acceptors (Lipinski definition) is 5. The fraction of sp³-hybridized carbons (Fsp3) is 0.571. The number of benzene rings is 1. The van der Waals surface area contributed by atoms with Crippen LogP contribution < -0.4 is 5.32 Å². The summed E-state index contributed by atoms with van der Waals surface area (Å²) in [6.45, 7) is 0. The van der Waals surface area contributed by atoms with Crippen molar-refractivity contribution in [3.8, 4) is 0 Å². The first kappa shape index (κ1) is 18.6. The lowest BCUT2D eigenvalue weighted by molar-refractivity contribution is -0.122. The summed E-state index contributed by atoms with van der Waals surface area (Å²) in [6.07, 6.45) is 5.70. The zero-order valence-corrected chi connectivity index (χ0v) is 17.5. The second-order valence-electron chi connectivity index (χ2n) is 8.33. The van der Waals surface area contributed by atoms with E-state index in [2.05, 4.69) is 28.8 Å². The van der Waals surface area contributed by atoms with Crippen LogP contribution in [0.3, 0.4) is 0 Å². The van der Waals surface area contributed by atoms with E-state index in [4.69, 9.17) is 0 Å². The van der Waals surface area contributed by atoms with Crippen LogP contribution in [0.5, 0.6) is 0 Å². The average Bonchev–Trinajstić information content (AvgIpc) is 3.22. The van der Waals surface area contributed by atoms with Gasteiger partial charge >= 0.3 is 0 Å². The van der Waals surface area contributed by atoms with Crippen molar-refractivity contribution >= 4 is 46.9 Å². The number of carbonyl (C=O) groups excluding carboxylic acids is 3. The number of carbonyl (C=O) groups is 3. The van der Waals surface area contributed by atoms with Crippen molar-refractivity contribution in [2.45, 2.75) is 36.2 Å². The minimum absolute atomic E-state index is 0.0380. The maximum absolute atomic E-state index is 13.0. The van der Waals surface area contributed by atoms with Crippen LogP contribution >= 0.6 is 23.5 Å². The van der Waals surface area contributed by atoms with Gasteiger partial charge in [0, 0.05) is 30.2 Å². The van der Waals surface area contributed by atoms with Crippen LogP contribution in [-0.2, 0) is 4.79 Å². The number of thioether (sulfide) groups is 2. The smallest absolute Gasteiger partial charge is 0.261 e. The monoisotopic (exact) mass is 416 g/mol. The Bertz CT molecular complexity index is 849. The van der Waals surface area contributed by atoms with Crippen molar-refractivity contribution in [1.82, 2.24) is 4.90 Å². The summed E-state index contributed by atoms with van der Waals surface area (Å²) in [5.41, 5.74) is 1.40. The average molecular weight is 417 g/mol. The van der Waals surface area contributed by atoms with Crippen molar-refractivity contribution in [2.75, 3.05) is 23.9 Å². The zero-order chi connectivity index (χ0) is 19.5. The number of amides is 3. The molecule has 0 aromatic heterocycles. The number of nitrogens with zero attached hydrogens (tertiary/aromatic N) is 1. The van der Waals surface area contributed by atoms with Crippen molar-refractivity contribution in [1.29, 1.82) is 0 Å². The molecule has 2 saturated carbocycles. The molecule has 1 aromatic carbocycles. The number of rotatable bonds is 2. The van der Waals surface area contributed by atoms with E-state index >= 15 is 0 Å². The first-order chi connectivity index (χ1) is 13.5. The van der Waals surface area contributed by atoms with E-state index in [0.717, 1.165) is 17.7 Å². The molecule has 5 nitrogen and oxygen atoms in total. The molecule has 5 rings (SSSR count). The lowest BCUT2D eigenvalue weighted by Gasteiger charge is -2.52. The molecule has 1 aromatic rings. The van der Waals surface area contributed by atoms with Gasteiger partial charge in [0.25, 0.3) is 11.8 Å². The van der Waals surface area contributed by atoms with Crippen LogP contribution in [0.1, 0.15) is 52.8 Å². The van der Waals surface area contributed by atoms with Crippen LogP contribution in [-0.4, -0.2) is 45.3 Å². The van der Waals surface area contributed by atoms with Crippen LogP contribution in [0, 0.1) is 17.8 Å². The molecule has 3 fully saturated rings. The summed E-state index contributed by atoms with van der Waals surface area (Å²) in [5.74, 6) is 3.24. The standard InChI is InChI=1S/C21H24N2O3S2/c1-23-19(25)16-6-5-15(11-17(16)20(23)26)22-18(24)12-9-13-3-2-4-14(10-12)21(13)27-7-8-28-21/h5-6,11-14H,2-4,7-10H2,1H3,(H,22,24)/t12?,13-,14+. The summed E-state index contributed by atoms with van der Waals surface area (Å²) in [7, 11) is 1.48. The second-order valence-corrected chi connectivity index (χ2v) is 11.3. The highest BCUT2D eigenvalue weighted by atomic mass is 32.2. The Morgan fingerprint density at radius 3 is 2.39 bits per heavy atom. The maximum Gasteiger partial charge on any atom is 0.261 e. The van der Waals surface area contributed by atoms with Crippen LogP contribution in [0.2, 0.25) is 0 Å². The van der Waals surface area contributed by atoms with Crippen molar-refractivity contribution in [2.24, 2.45) is 17.8 Å². The van der Waals surface area contributed by atoms with Gasteiger partial charge < -0.3 is 5.32 Å². The van der Waals surface area contributed by atoms with E-state index in [-0.39, 0.29) is 23.6 Å². The lowest BCUT2D eigenvalue weighted by Crippen LogP contribution is -2.48. The number of anilines is 1. The van der Waals surface area contributed by atoms with Gasteiger partial charge in [0.15, 0.2) is 0 Å². The third-order valence-electron chi connectivity index (χ3n) is 6.85. The molecule has 2 aliphatic heterocycles. The fourth-order valence-electron chi connectivity index (χ4n) is 5.51. The Balaban J connectivity index is 1.32. The molecule has 7 heteroatoms. The third kappa shape index (κ3) is 2.73. The van der Waals surface area contributed by atoms with Gasteiger partial charge in [-0.15, -0.1) is 23.5 Å². The van der Waals surface area contributed by atoms with E-state index in [1.54, 1.807) is 18.2 Å². The Kier molecular flexibility index (Phi) is 4.51. The van der Waals surface area contributed by atoms with Crippen molar-refractivity contribution in [3.63, 3.8) is 0 Å².